The molecular formula is C61H81BrN12O11. The van der Waals surface area contributed by atoms with E-state index in [-0.39, 0.29) is 80.9 Å². The molecule has 4 aliphatic heterocycles. The second-order valence-corrected chi connectivity index (χ2v) is 24.6. The Morgan fingerprint density at radius 3 is 2.22 bits per heavy atom. The first-order valence-electron chi connectivity index (χ1n) is 29.3. The molecule has 24 heteroatoms. The minimum absolute atomic E-state index is 0.00676. The Balaban J connectivity index is 0.864. The van der Waals surface area contributed by atoms with Gasteiger partial charge in [0.2, 0.25) is 23.6 Å². The molecule has 8 rings (SSSR count). The molecule has 0 unspecified atom stereocenters. The number of rotatable bonds is 26. The number of alkyl halides is 1. The van der Waals surface area contributed by atoms with Crippen LogP contribution in [0.15, 0.2) is 60.7 Å². The number of nitrogens with zero attached hydrogens (tertiary/aromatic N) is 5. The number of piperazine rings is 1. The molecule has 23 nitrogen and oxygen atoms in total. The molecule has 8 N–H and O–H groups in total. The number of likely N-dealkylation sites (N-methyl/N-ethyl adjacent to an activating group) is 1. The molecule has 5 heterocycles. The van der Waals surface area contributed by atoms with Crippen LogP contribution in [0.25, 0.3) is 21.7 Å². The van der Waals surface area contributed by atoms with E-state index in [1.807, 2.05) is 97.1 Å². The quantitative estimate of drug-likeness (QED) is 0.0250. The van der Waals surface area contributed by atoms with Gasteiger partial charge in [-0.1, -0.05) is 54.0 Å². The Hall–Kier alpha value is -7.41. The maximum absolute atomic E-state index is 14.8. The second-order valence-electron chi connectivity index (χ2n) is 23.9. The molecule has 458 valence electrons. The number of primary amides is 1. The number of fused-ring (bicyclic) bond motifs is 6. The van der Waals surface area contributed by atoms with Crippen LogP contribution < -0.4 is 46.9 Å². The Morgan fingerprint density at radius 1 is 0.812 bits per heavy atom. The average molecular weight is 1240 g/mol. The molecule has 0 radical (unpaired) electrons. The van der Waals surface area contributed by atoms with Crippen LogP contribution in [0, 0.1) is 5.92 Å². The lowest BCUT2D eigenvalue weighted by atomic mass is 9.95. The van der Waals surface area contributed by atoms with Crippen molar-refractivity contribution in [3.8, 4) is 5.75 Å². The highest BCUT2D eigenvalue weighted by Gasteiger charge is 2.38. The van der Waals surface area contributed by atoms with Crippen molar-refractivity contribution in [3.05, 3.63) is 77.5 Å². The van der Waals surface area contributed by atoms with E-state index < -0.39 is 53.1 Å². The van der Waals surface area contributed by atoms with Crippen molar-refractivity contribution in [2.24, 2.45) is 11.7 Å². The topological polar surface area (TPSA) is 290 Å². The van der Waals surface area contributed by atoms with Gasteiger partial charge < -0.3 is 66.4 Å². The number of amides is 10. The summed E-state index contributed by atoms with van der Waals surface area (Å²) in [4.78, 5) is 130. The van der Waals surface area contributed by atoms with Gasteiger partial charge in [0, 0.05) is 142 Å². The fraction of sp³-hybridized carbons (Fsp3) is 0.525. The predicted octanol–water partition coefficient (Wildman–Crippen LogP) is 4.93. The van der Waals surface area contributed by atoms with Gasteiger partial charge in [-0.05, 0) is 107 Å². The van der Waals surface area contributed by atoms with Gasteiger partial charge in [0.05, 0.1) is 17.3 Å². The molecule has 0 spiro atoms. The minimum Gasteiger partial charge on any atom is -0.409 e. The first-order chi connectivity index (χ1) is 40.4. The number of carbonyl (C=O) groups excluding carboxylic acids is 9. The van der Waals surface area contributed by atoms with Gasteiger partial charge in [-0.15, -0.1) is 0 Å². The smallest absolute Gasteiger partial charge is 0.409 e. The monoisotopic (exact) mass is 1240 g/mol. The number of halogens is 1. The van der Waals surface area contributed by atoms with Gasteiger partial charge in [0.1, 0.15) is 17.5 Å². The predicted molar refractivity (Wildman–Crippen MR) is 327 cm³/mol. The van der Waals surface area contributed by atoms with E-state index in [1.54, 1.807) is 14.7 Å². The molecule has 4 aromatic rings. The average Bonchev–Trinajstić information content (AvgIpc) is 2.19. The molecule has 1 fully saturated rings. The summed E-state index contributed by atoms with van der Waals surface area (Å²) in [5.41, 5.74) is 8.32. The molecular weight excluding hydrogens is 1160 g/mol. The number of ether oxygens (including phenoxy) is 2. The van der Waals surface area contributed by atoms with E-state index in [4.69, 9.17) is 15.2 Å². The number of nitrogens with two attached hydrogens (primary N) is 1. The summed E-state index contributed by atoms with van der Waals surface area (Å²) in [7, 11) is 2.02. The highest BCUT2D eigenvalue weighted by Crippen LogP contribution is 2.47. The molecule has 0 bridgehead atoms. The SMILES string of the molecule is CC(C)[C@H](NCCNC(=O)CCC(C)(C)OCCC(C)(C)NC(=O)CCN1C(=O)C=CC1=O)C(=O)N[C@@H](CCCNC(N)=O)C(=O)N1CCc2c1ccc1[nH]c(C(=O)N3C[C@@H](CBr)c4c3cc(OC(=O)N3CCN(C)CC3)c3ccccc43)cc21. The van der Waals surface area contributed by atoms with Gasteiger partial charge in [-0.25, -0.2) is 9.59 Å². The third kappa shape index (κ3) is 15.7. The number of imide groups is 1. The number of anilines is 2. The zero-order valence-electron chi connectivity index (χ0n) is 49.7. The van der Waals surface area contributed by atoms with Crippen molar-refractivity contribution in [3.63, 3.8) is 0 Å². The highest BCUT2D eigenvalue weighted by atomic mass is 79.9. The highest BCUT2D eigenvalue weighted by molar-refractivity contribution is 9.09. The molecule has 1 saturated heterocycles. The summed E-state index contributed by atoms with van der Waals surface area (Å²) >= 11 is 3.71. The molecule has 1 aromatic heterocycles. The van der Waals surface area contributed by atoms with Crippen LogP contribution in [0.5, 0.6) is 5.75 Å². The number of aromatic amines is 1. The Kier molecular flexibility index (Phi) is 20.8. The van der Waals surface area contributed by atoms with E-state index >= 15 is 0 Å². The van der Waals surface area contributed by atoms with E-state index in [1.165, 1.54) is 12.2 Å². The molecule has 0 aliphatic carbocycles. The van der Waals surface area contributed by atoms with Crippen molar-refractivity contribution in [1.29, 1.82) is 0 Å². The van der Waals surface area contributed by atoms with Gasteiger partial charge >= 0.3 is 12.1 Å². The molecule has 4 aliphatic rings. The fourth-order valence-electron chi connectivity index (χ4n) is 11.4. The lowest BCUT2D eigenvalue weighted by Crippen LogP contribution is -2.55. The normalized spacial score (nSPS) is 16.9. The largest absolute Gasteiger partial charge is 0.415 e. The number of nitrogens with one attached hydrogen (secondary N) is 6. The van der Waals surface area contributed by atoms with Crippen molar-refractivity contribution < 1.29 is 52.6 Å². The fourth-order valence-corrected chi connectivity index (χ4v) is 11.9. The van der Waals surface area contributed by atoms with Crippen LogP contribution in [0.3, 0.4) is 0 Å². The zero-order chi connectivity index (χ0) is 61.3. The number of aromatic nitrogens is 1. The molecule has 10 amide bonds. The Labute approximate surface area is 503 Å². The summed E-state index contributed by atoms with van der Waals surface area (Å²) in [6, 6.07) is 12.7. The number of carbonyl (C=O) groups is 9. The second kappa shape index (κ2) is 27.7. The van der Waals surface area contributed by atoms with Crippen molar-refractivity contribution >= 4 is 102 Å². The summed E-state index contributed by atoms with van der Waals surface area (Å²) in [5.74, 6) is -2.23. The summed E-state index contributed by atoms with van der Waals surface area (Å²) in [5, 5.41) is 17.8. The van der Waals surface area contributed by atoms with Crippen LogP contribution in [0.2, 0.25) is 0 Å². The van der Waals surface area contributed by atoms with Crippen LogP contribution in [-0.2, 0) is 39.9 Å². The van der Waals surface area contributed by atoms with E-state index in [2.05, 4.69) is 52.4 Å². The van der Waals surface area contributed by atoms with Crippen LogP contribution in [-0.4, -0.2) is 181 Å². The molecule has 0 saturated carbocycles. The van der Waals surface area contributed by atoms with E-state index in [0.29, 0.717) is 86.6 Å². The van der Waals surface area contributed by atoms with Crippen molar-refractivity contribution in [2.45, 2.75) is 116 Å². The molecule has 3 aromatic carbocycles. The first-order valence-corrected chi connectivity index (χ1v) is 30.4. The Morgan fingerprint density at radius 2 is 1.53 bits per heavy atom. The van der Waals surface area contributed by atoms with E-state index in [9.17, 15) is 43.2 Å². The number of urea groups is 1. The van der Waals surface area contributed by atoms with Gasteiger partial charge in [-0.3, -0.25) is 38.5 Å². The molecule has 85 heavy (non-hydrogen) atoms. The summed E-state index contributed by atoms with van der Waals surface area (Å²) in [6.07, 6.45) is 3.99. The maximum Gasteiger partial charge on any atom is 0.415 e. The van der Waals surface area contributed by atoms with Crippen LogP contribution in [0.1, 0.15) is 108 Å². The van der Waals surface area contributed by atoms with Crippen LogP contribution >= 0.6 is 15.9 Å². The van der Waals surface area contributed by atoms with Gasteiger partial charge in [0.25, 0.3) is 17.7 Å². The number of hydrogen-bond acceptors (Lipinski definition) is 13. The van der Waals surface area contributed by atoms with Crippen LogP contribution in [0.4, 0.5) is 21.0 Å². The number of H-pyrrole nitrogens is 1. The lowest BCUT2D eigenvalue weighted by Gasteiger charge is -2.31. The number of hydrogen-bond donors (Lipinski definition) is 7. The third-order valence-corrected chi connectivity index (χ3v) is 17.0. The minimum atomic E-state index is -0.978. The van der Waals surface area contributed by atoms with Crippen molar-refractivity contribution in [2.75, 3.05) is 94.2 Å². The summed E-state index contributed by atoms with van der Waals surface area (Å²) in [6.45, 7) is 15.5. The Bertz CT molecular complexity index is 3210. The van der Waals surface area contributed by atoms with Gasteiger partial charge in [0.15, 0.2) is 0 Å². The lowest BCUT2D eigenvalue weighted by molar-refractivity contribution is -0.137. The first kappa shape index (κ1) is 63.6. The van der Waals surface area contributed by atoms with Gasteiger partial charge in [-0.2, -0.15) is 0 Å². The third-order valence-electron chi connectivity index (χ3n) is 16.2. The standard InChI is InChI=1S/C61H81BrN12O11/c1-37(2)54(65-25-24-64-49(75)18-21-61(5,6)84-32-22-60(3,4)69-50(76)20-27-73-51(77)16-17-52(73)78)55(79)68-44(13-10-23-66-58(63)82)56(80)72-26-19-39-42-33-45(67-43(42)14-15-46(39)72)57(81)74-36-38(35-62)53-41-12-9-8-11-40(41)48(34-47(53)74)85-59(83)71-30-28-70(7)29-31-71/h8-9,11-12,14-17,33-34,37-38,44,54,65,67H,10,13,18-32,35-36H2,1-7H3,(H,64,75)(H,68,79)(H,69,76)(H3,63,66,82)/t38-,44+,54+/m1/s1. The molecule has 3 atom stereocenters. The zero-order valence-corrected chi connectivity index (χ0v) is 51.3. The summed E-state index contributed by atoms with van der Waals surface area (Å²) < 4.78 is 12.3. The van der Waals surface area contributed by atoms with Crippen molar-refractivity contribution in [1.82, 2.24) is 46.3 Å². The maximum atomic E-state index is 14.8. The van der Waals surface area contributed by atoms with E-state index in [0.717, 1.165) is 50.8 Å². The number of benzene rings is 3.